The van der Waals surface area contributed by atoms with Crippen LogP contribution in [-0.4, -0.2) is 23.1 Å². The standard InChI is InChI=1S/C26H20N2O4S/c1-2-32-26(31)23-14-16-13-17(11-12-22(16)33-23)27-24(29)15-28-20-9-5-3-7-18(20)25(30)19-8-4-6-10-21(19)28/h3-14H,2,15H2,1H3,(H,27,29). The van der Waals surface area contributed by atoms with Gasteiger partial charge in [0.25, 0.3) is 0 Å². The molecular weight excluding hydrogens is 436 g/mol. The molecule has 0 saturated carbocycles. The van der Waals surface area contributed by atoms with Crippen molar-refractivity contribution in [1.29, 1.82) is 0 Å². The summed E-state index contributed by atoms with van der Waals surface area (Å²) >= 11 is 1.36. The summed E-state index contributed by atoms with van der Waals surface area (Å²) < 4.78 is 7.88. The van der Waals surface area contributed by atoms with Gasteiger partial charge in [-0.1, -0.05) is 24.3 Å². The van der Waals surface area contributed by atoms with Crippen molar-refractivity contribution in [1.82, 2.24) is 4.57 Å². The third-order valence-corrected chi connectivity index (χ3v) is 6.55. The van der Waals surface area contributed by atoms with Gasteiger partial charge in [-0.25, -0.2) is 4.79 Å². The van der Waals surface area contributed by atoms with Crippen molar-refractivity contribution in [2.24, 2.45) is 0 Å². The molecule has 5 rings (SSSR count). The van der Waals surface area contributed by atoms with Gasteiger partial charge in [-0.05, 0) is 60.8 Å². The van der Waals surface area contributed by atoms with E-state index in [2.05, 4.69) is 5.32 Å². The van der Waals surface area contributed by atoms with Crippen molar-refractivity contribution in [3.63, 3.8) is 0 Å². The molecular formula is C26H20N2O4S. The SMILES string of the molecule is CCOC(=O)c1cc2cc(NC(=O)Cn3c4ccccc4c(=O)c4ccccc43)ccc2s1. The summed E-state index contributed by atoms with van der Waals surface area (Å²) in [5.74, 6) is -0.560. The molecule has 0 bridgehead atoms. The molecule has 2 aromatic heterocycles. The Morgan fingerprint density at radius 3 is 2.27 bits per heavy atom. The first-order chi connectivity index (χ1) is 16.0. The van der Waals surface area contributed by atoms with E-state index in [1.165, 1.54) is 11.3 Å². The lowest BCUT2D eigenvalue weighted by atomic mass is 10.1. The Bertz CT molecular complexity index is 1540. The Balaban J connectivity index is 1.47. The lowest BCUT2D eigenvalue weighted by molar-refractivity contribution is -0.116. The van der Waals surface area contributed by atoms with Gasteiger partial charge in [-0.15, -0.1) is 11.3 Å². The Morgan fingerprint density at radius 1 is 0.939 bits per heavy atom. The number of para-hydroxylation sites is 2. The highest BCUT2D eigenvalue weighted by molar-refractivity contribution is 7.20. The van der Waals surface area contributed by atoms with Crippen LogP contribution in [0.15, 0.2) is 77.6 Å². The minimum Gasteiger partial charge on any atom is -0.462 e. The quantitative estimate of drug-likeness (QED) is 0.292. The van der Waals surface area contributed by atoms with E-state index in [-0.39, 0.29) is 23.9 Å². The number of carbonyl (C=O) groups is 2. The zero-order chi connectivity index (χ0) is 22.9. The average Bonchev–Trinajstić information content (AvgIpc) is 3.26. The van der Waals surface area contributed by atoms with Gasteiger partial charge in [0, 0.05) is 21.2 Å². The van der Waals surface area contributed by atoms with Crippen LogP contribution in [-0.2, 0) is 16.1 Å². The van der Waals surface area contributed by atoms with E-state index >= 15 is 0 Å². The number of nitrogens with zero attached hydrogens (tertiary/aromatic N) is 1. The lowest BCUT2D eigenvalue weighted by Gasteiger charge is -2.15. The molecule has 164 valence electrons. The molecule has 33 heavy (non-hydrogen) atoms. The molecule has 0 radical (unpaired) electrons. The number of benzene rings is 3. The van der Waals surface area contributed by atoms with Gasteiger partial charge in [-0.3, -0.25) is 9.59 Å². The monoisotopic (exact) mass is 456 g/mol. The second-order valence-corrected chi connectivity index (χ2v) is 8.67. The number of pyridine rings is 1. The van der Waals surface area contributed by atoms with Crippen molar-refractivity contribution >= 4 is 60.8 Å². The summed E-state index contributed by atoms with van der Waals surface area (Å²) in [6, 6.07) is 21.9. The first kappa shape index (κ1) is 20.9. The minimum atomic E-state index is -0.346. The van der Waals surface area contributed by atoms with Crippen LogP contribution in [0.1, 0.15) is 16.6 Å². The first-order valence-corrected chi connectivity index (χ1v) is 11.4. The van der Waals surface area contributed by atoms with Crippen molar-refractivity contribution in [2.45, 2.75) is 13.5 Å². The molecule has 1 amide bonds. The number of rotatable bonds is 5. The normalized spacial score (nSPS) is 11.2. The van der Waals surface area contributed by atoms with Gasteiger partial charge in [-0.2, -0.15) is 0 Å². The minimum absolute atomic E-state index is 0.0434. The summed E-state index contributed by atoms with van der Waals surface area (Å²) in [5, 5.41) is 4.96. The molecule has 0 fully saturated rings. The zero-order valence-electron chi connectivity index (χ0n) is 17.8. The molecule has 5 aromatic rings. The van der Waals surface area contributed by atoms with E-state index in [1.54, 1.807) is 25.1 Å². The molecule has 3 aromatic carbocycles. The number of ether oxygens (including phenoxy) is 1. The number of hydrogen-bond donors (Lipinski definition) is 1. The van der Waals surface area contributed by atoms with Crippen LogP contribution in [0.3, 0.4) is 0 Å². The fourth-order valence-corrected chi connectivity index (χ4v) is 4.95. The van der Waals surface area contributed by atoms with Crippen LogP contribution in [0.2, 0.25) is 0 Å². The Hall–Kier alpha value is -3.97. The Labute approximate surface area is 193 Å². The molecule has 0 atom stereocenters. The number of esters is 1. The number of hydrogen-bond acceptors (Lipinski definition) is 5. The van der Waals surface area contributed by atoms with E-state index in [4.69, 9.17) is 4.74 Å². The second kappa shape index (κ2) is 8.52. The topological polar surface area (TPSA) is 77.4 Å². The van der Waals surface area contributed by atoms with Crippen LogP contribution in [0.5, 0.6) is 0 Å². The fourth-order valence-electron chi connectivity index (χ4n) is 4.02. The largest absolute Gasteiger partial charge is 0.462 e. The molecule has 0 aliphatic heterocycles. The zero-order valence-corrected chi connectivity index (χ0v) is 18.6. The number of amides is 1. The molecule has 1 N–H and O–H groups in total. The predicted molar refractivity (Wildman–Crippen MR) is 132 cm³/mol. The van der Waals surface area contributed by atoms with E-state index in [1.807, 2.05) is 59.2 Å². The van der Waals surface area contributed by atoms with Gasteiger partial charge in [0.05, 0.1) is 17.6 Å². The summed E-state index contributed by atoms with van der Waals surface area (Å²) in [6.07, 6.45) is 0. The summed E-state index contributed by atoms with van der Waals surface area (Å²) in [6.45, 7) is 2.15. The molecule has 0 spiro atoms. The third kappa shape index (κ3) is 3.87. The van der Waals surface area contributed by atoms with E-state index in [0.29, 0.717) is 39.0 Å². The maximum Gasteiger partial charge on any atom is 0.348 e. The molecule has 0 unspecified atom stereocenters. The third-order valence-electron chi connectivity index (χ3n) is 5.46. The predicted octanol–water partition coefficient (Wildman–Crippen LogP) is 5.18. The highest BCUT2D eigenvalue weighted by Crippen LogP contribution is 2.29. The average molecular weight is 457 g/mol. The van der Waals surface area contributed by atoms with E-state index in [9.17, 15) is 14.4 Å². The summed E-state index contributed by atoms with van der Waals surface area (Å²) in [7, 11) is 0. The van der Waals surface area contributed by atoms with Crippen molar-refractivity contribution in [3.8, 4) is 0 Å². The summed E-state index contributed by atoms with van der Waals surface area (Å²) in [4.78, 5) is 38.4. The van der Waals surface area contributed by atoms with E-state index in [0.717, 1.165) is 10.1 Å². The first-order valence-electron chi connectivity index (χ1n) is 10.6. The van der Waals surface area contributed by atoms with Gasteiger partial charge >= 0.3 is 5.97 Å². The smallest absolute Gasteiger partial charge is 0.348 e. The van der Waals surface area contributed by atoms with Gasteiger partial charge < -0.3 is 14.6 Å². The number of nitrogens with one attached hydrogen (secondary N) is 1. The second-order valence-electron chi connectivity index (χ2n) is 7.58. The van der Waals surface area contributed by atoms with Crippen molar-refractivity contribution in [2.75, 3.05) is 11.9 Å². The molecule has 6 nitrogen and oxygen atoms in total. The molecule has 0 aliphatic carbocycles. The Morgan fingerprint density at radius 2 is 1.61 bits per heavy atom. The van der Waals surface area contributed by atoms with Crippen LogP contribution < -0.4 is 10.7 Å². The number of aromatic nitrogens is 1. The fraction of sp³-hybridized carbons (Fsp3) is 0.115. The van der Waals surface area contributed by atoms with Gasteiger partial charge in [0.1, 0.15) is 11.4 Å². The van der Waals surface area contributed by atoms with Crippen molar-refractivity contribution < 1.29 is 14.3 Å². The number of thiophene rings is 1. The summed E-state index contributed by atoms with van der Waals surface area (Å²) in [5.41, 5.74) is 2.01. The molecule has 2 heterocycles. The number of anilines is 1. The van der Waals surface area contributed by atoms with Crippen LogP contribution in [0.25, 0.3) is 31.9 Å². The molecule has 0 saturated heterocycles. The molecule has 7 heteroatoms. The molecule has 0 aliphatic rings. The highest BCUT2D eigenvalue weighted by atomic mass is 32.1. The van der Waals surface area contributed by atoms with Gasteiger partial charge in [0.2, 0.25) is 5.91 Å². The number of carbonyl (C=O) groups excluding carboxylic acids is 2. The Kier molecular flexibility index (Phi) is 5.40. The van der Waals surface area contributed by atoms with Gasteiger partial charge in [0.15, 0.2) is 5.43 Å². The van der Waals surface area contributed by atoms with Crippen LogP contribution in [0.4, 0.5) is 5.69 Å². The highest BCUT2D eigenvalue weighted by Gasteiger charge is 2.14. The van der Waals surface area contributed by atoms with E-state index < -0.39 is 0 Å². The van der Waals surface area contributed by atoms with Crippen molar-refractivity contribution in [3.05, 3.63) is 87.9 Å². The van der Waals surface area contributed by atoms with Crippen LogP contribution >= 0.6 is 11.3 Å². The van der Waals surface area contributed by atoms with Crippen LogP contribution in [0, 0.1) is 0 Å². The lowest BCUT2D eigenvalue weighted by Crippen LogP contribution is -2.21. The number of fused-ring (bicyclic) bond motifs is 3. The maximum absolute atomic E-state index is 13.0. The maximum atomic E-state index is 13.0.